The van der Waals surface area contributed by atoms with Crippen molar-refractivity contribution >= 4 is 94.1 Å². The van der Waals surface area contributed by atoms with E-state index in [2.05, 4.69) is 16.0 Å². The van der Waals surface area contributed by atoms with Crippen molar-refractivity contribution in [3.8, 4) is 0 Å². The maximum absolute atomic E-state index is 15.5. The van der Waals surface area contributed by atoms with Crippen LogP contribution in [0.2, 0.25) is 0 Å². The smallest absolute Gasteiger partial charge is 0.377 e. The van der Waals surface area contributed by atoms with Crippen LogP contribution in [0.4, 0.5) is 13.2 Å². The number of hydrogen-bond acceptors (Lipinski definition) is 13. The fourth-order valence-corrected chi connectivity index (χ4v) is 16.0. The van der Waals surface area contributed by atoms with Crippen LogP contribution >= 0.6 is 23.2 Å². The molecule has 25 nitrogen and oxygen atoms in total. The largest absolute Gasteiger partial charge is 0.391 e. The van der Waals surface area contributed by atoms with Gasteiger partial charge in [0.15, 0.2) is 0 Å². The van der Waals surface area contributed by atoms with E-state index in [4.69, 9.17) is 27.9 Å². The normalized spacial score (nSPS) is 31.5. The van der Waals surface area contributed by atoms with Gasteiger partial charge in [0.2, 0.25) is 70.9 Å². The van der Waals surface area contributed by atoms with E-state index < -0.39 is 180 Å². The first-order chi connectivity index (χ1) is 47.5. The molecule has 13 atom stereocenters. The van der Waals surface area contributed by atoms with Gasteiger partial charge in [-0.15, -0.1) is 23.2 Å². The molecule has 3 N–H and O–H groups in total. The van der Waals surface area contributed by atoms with E-state index >= 15 is 28.8 Å². The molecule has 570 valence electrons. The Morgan fingerprint density at radius 3 is 1.89 bits per heavy atom. The molecule has 0 aromatic heterocycles. The molecule has 101 heavy (non-hydrogen) atoms. The molecule has 3 aliphatic heterocycles. The number of alkyl halides is 5. The average Bonchev–Trinajstić information content (AvgIpc) is 1.62. The summed E-state index contributed by atoms with van der Waals surface area (Å²) < 4.78 is 48.4. The van der Waals surface area contributed by atoms with Gasteiger partial charge in [0, 0.05) is 87.9 Å². The molecule has 3 heterocycles. The van der Waals surface area contributed by atoms with Gasteiger partial charge < -0.3 is 64.8 Å². The van der Waals surface area contributed by atoms with Gasteiger partial charge in [-0.3, -0.25) is 57.5 Å². The van der Waals surface area contributed by atoms with Crippen molar-refractivity contribution in [3.63, 3.8) is 0 Å². The van der Waals surface area contributed by atoms with Crippen LogP contribution in [0.1, 0.15) is 170 Å². The van der Waals surface area contributed by atoms with Crippen LogP contribution in [0.25, 0.3) is 0 Å². The first kappa shape index (κ1) is 83.7. The van der Waals surface area contributed by atoms with E-state index in [1.54, 1.807) is 32.9 Å². The fraction of sp³-hybridized carbons (Fsp3) is 0.803. The Labute approximate surface area is 604 Å². The lowest BCUT2D eigenvalue weighted by Crippen LogP contribution is -2.68. The Morgan fingerprint density at radius 1 is 0.683 bits per heavy atom. The summed E-state index contributed by atoms with van der Waals surface area (Å²) in [6, 6.07) is -10.4. The van der Waals surface area contributed by atoms with Crippen molar-refractivity contribution in [2.24, 2.45) is 29.6 Å². The molecule has 0 radical (unpaired) electrons. The van der Waals surface area contributed by atoms with E-state index in [9.17, 15) is 41.9 Å². The van der Waals surface area contributed by atoms with Crippen molar-refractivity contribution in [2.45, 2.75) is 247 Å². The number of hydrogen-bond donors (Lipinski definition) is 3. The highest BCUT2D eigenvalue weighted by molar-refractivity contribution is 6.30. The third-order valence-corrected chi connectivity index (χ3v) is 23.7. The number of carbonyl (C=O) groups excluding carboxylic acids is 12. The van der Waals surface area contributed by atoms with E-state index in [-0.39, 0.29) is 107 Å². The number of ether oxygens (including phenoxy) is 1. The van der Waals surface area contributed by atoms with Crippen LogP contribution in [0.15, 0.2) is 12.2 Å². The number of likely N-dealkylation sites (N-methyl/N-ethyl adjacent to an activating group) is 7. The van der Waals surface area contributed by atoms with Crippen LogP contribution in [0, 0.1) is 29.6 Å². The number of rotatable bonds is 13. The molecule has 2 saturated heterocycles. The first-order valence-corrected chi connectivity index (χ1v) is 37.2. The second-order valence-corrected chi connectivity index (χ2v) is 30.6. The third kappa shape index (κ3) is 20.6. The lowest BCUT2D eigenvalue weighted by molar-refractivity contribution is -0.184. The van der Waals surface area contributed by atoms with Crippen molar-refractivity contribution in [1.82, 2.24) is 60.0 Å². The second kappa shape index (κ2) is 36.9. The summed E-state index contributed by atoms with van der Waals surface area (Å²) in [5, 5.41) is 8.05. The Hall–Kier alpha value is -6.29. The van der Waals surface area contributed by atoms with E-state index in [0.29, 0.717) is 51.4 Å². The van der Waals surface area contributed by atoms with Crippen molar-refractivity contribution in [3.05, 3.63) is 12.2 Å². The lowest BCUT2D eigenvalue weighted by Gasteiger charge is -2.47. The SMILES string of the molecule is CCO[C@@H]1C[C@H]2C(=O)NC3(CCC3)C(=O)N(C)[C@@H](C(CC)CC)C(=O)N(C)[C@H](C(=O)N(C)C)CC(=O)N(C)[C@@H](C)C(=O)N[C@@H]([C@@H](C)CC)C(=O)N(C)CC(=O)N(C)[C@H]3C/C=C\CCN(C3=O)[C@@H](CC3CCC(C(F)(F)F)CC3)C(=O)N(C)CC(=O)N[C@@H](CCC3CCC(Cl)C(Cl)C3)C(=O)N2C1. The number of nitrogens with zero attached hydrogens (tertiary/aromatic N) is 9. The Balaban J connectivity index is 1.45. The lowest BCUT2D eigenvalue weighted by atomic mass is 9.74. The fourth-order valence-electron chi connectivity index (χ4n) is 15.3. The third-order valence-electron chi connectivity index (χ3n) is 22.6. The maximum atomic E-state index is 15.5. The quantitative estimate of drug-likeness (QED) is 0.156. The Morgan fingerprint density at radius 2 is 1.32 bits per heavy atom. The molecule has 6 rings (SSSR count). The van der Waals surface area contributed by atoms with Gasteiger partial charge in [-0.25, -0.2) is 0 Å². The van der Waals surface area contributed by atoms with Gasteiger partial charge in [0.25, 0.3) is 0 Å². The topological polar surface area (TPSA) is 279 Å². The van der Waals surface area contributed by atoms with Gasteiger partial charge in [-0.1, -0.05) is 59.1 Å². The van der Waals surface area contributed by atoms with E-state index in [0.717, 1.165) is 19.6 Å². The zero-order valence-electron chi connectivity index (χ0n) is 61.8. The van der Waals surface area contributed by atoms with Crippen LogP contribution in [0.3, 0.4) is 0 Å². The Kier molecular flexibility index (Phi) is 30.6. The average molecular weight is 1470 g/mol. The molecule has 0 aromatic rings. The van der Waals surface area contributed by atoms with Crippen molar-refractivity contribution < 1.29 is 75.4 Å². The monoisotopic (exact) mass is 1470 g/mol. The number of amides is 12. The minimum absolute atomic E-state index is 0.000237. The minimum atomic E-state index is -4.44. The summed E-state index contributed by atoms with van der Waals surface area (Å²) in [5.41, 5.74) is -1.57. The van der Waals surface area contributed by atoms with Crippen LogP contribution in [0.5, 0.6) is 0 Å². The summed E-state index contributed by atoms with van der Waals surface area (Å²) in [6.07, 6.45) is 1.85. The summed E-state index contributed by atoms with van der Waals surface area (Å²) in [6.45, 7) is 9.21. The predicted molar refractivity (Wildman–Crippen MR) is 374 cm³/mol. The van der Waals surface area contributed by atoms with E-state index in [1.165, 1.54) is 87.8 Å². The Bertz CT molecular complexity index is 2990. The number of nitrogens with one attached hydrogen (secondary N) is 3. The van der Waals surface area contributed by atoms with Gasteiger partial charge in [-0.2, -0.15) is 13.2 Å². The number of carbonyl (C=O) groups is 12. The number of fused-ring (bicyclic) bond motifs is 3. The van der Waals surface area contributed by atoms with Gasteiger partial charge in [-0.05, 0) is 134 Å². The summed E-state index contributed by atoms with van der Waals surface area (Å²) >= 11 is 13.2. The zero-order chi connectivity index (χ0) is 75.3. The van der Waals surface area contributed by atoms with Gasteiger partial charge >= 0.3 is 6.18 Å². The summed E-state index contributed by atoms with van der Waals surface area (Å²) in [7, 11) is 11.2. The molecular formula is C71H113Cl2F3N12O13. The molecule has 12 amide bonds. The summed E-state index contributed by atoms with van der Waals surface area (Å²) in [5.74, 6) is -11.4. The highest BCUT2D eigenvalue weighted by atomic mass is 35.5. The van der Waals surface area contributed by atoms with Crippen molar-refractivity contribution in [1.29, 1.82) is 0 Å². The highest BCUT2D eigenvalue weighted by Gasteiger charge is 2.54. The summed E-state index contributed by atoms with van der Waals surface area (Å²) in [4.78, 5) is 190. The van der Waals surface area contributed by atoms with Crippen LogP contribution in [-0.4, -0.2) is 281 Å². The molecule has 5 fully saturated rings. The molecule has 0 aromatic carbocycles. The van der Waals surface area contributed by atoms with Crippen LogP contribution < -0.4 is 16.0 Å². The molecule has 3 saturated carbocycles. The molecule has 3 unspecified atom stereocenters. The second-order valence-electron chi connectivity index (χ2n) is 29.5. The highest BCUT2D eigenvalue weighted by Crippen LogP contribution is 2.42. The van der Waals surface area contributed by atoms with Gasteiger partial charge in [0.05, 0.1) is 36.9 Å². The standard InChI is InChI=1S/C71H113Cl2F3N12O13/c1-15-42(5)59-67(98)82(10)41-58(91)84(12)52-23-20-19-21-34-87(66(52)97)55(36-45-24-28-47(29-25-45)71(74,75)76)65(96)81(9)40-56(89)77-51(31-27-44-26-30-49(72)50(73)35-44)63(94)88-39-48(101-18-4)37-53(88)62(93)79-70(32-22-33-70)69(100)86(14)60(46(16-2)17-3)68(99)85(13)54(64(95)80(7)8)38-57(90)83(11)43(6)61(92)78-59/h19-20,42-55,59-60H,15-18,21-41H2,1-14H3,(H,77,89)(H,78,92)(H,79,93)/b20-19-/t42-,43-,44?,45?,47?,48+,49?,50?,51-,52-,53-,54-,55-,59-,60-/m0/s1. The number of halogens is 5. The zero-order valence-corrected chi connectivity index (χ0v) is 63.3. The van der Waals surface area contributed by atoms with E-state index in [1.807, 2.05) is 13.8 Å². The van der Waals surface area contributed by atoms with Gasteiger partial charge in [0.1, 0.15) is 53.9 Å². The molecule has 2 bridgehead atoms. The maximum Gasteiger partial charge on any atom is 0.391 e. The molecule has 3 aliphatic carbocycles. The van der Waals surface area contributed by atoms with Crippen LogP contribution in [-0.2, 0) is 62.3 Å². The molecule has 30 heteroatoms. The molecular weight excluding hydrogens is 1360 g/mol. The molecule has 6 aliphatic rings. The predicted octanol–water partition coefficient (Wildman–Crippen LogP) is 5.32. The van der Waals surface area contributed by atoms with Crippen molar-refractivity contribution in [2.75, 3.05) is 89.2 Å². The first-order valence-electron chi connectivity index (χ1n) is 36.4. The minimum Gasteiger partial charge on any atom is -0.377 e. The molecule has 1 spiro atoms.